The highest BCUT2D eigenvalue weighted by Crippen LogP contribution is 2.35. The fraction of sp³-hybridized carbons (Fsp3) is 0.400. The maximum atomic E-state index is 5.73. The molecular weight excluding hydrogens is 256 g/mol. The van der Waals surface area contributed by atoms with E-state index in [1.54, 1.807) is 11.3 Å². The molecule has 0 aliphatic heterocycles. The number of aromatic nitrogens is 2. The van der Waals surface area contributed by atoms with Gasteiger partial charge in [-0.1, -0.05) is 0 Å². The van der Waals surface area contributed by atoms with Crippen LogP contribution in [0.3, 0.4) is 0 Å². The van der Waals surface area contributed by atoms with Gasteiger partial charge in [-0.25, -0.2) is 4.98 Å². The average molecular weight is 270 g/mol. The molecule has 0 saturated carbocycles. The molecule has 0 aliphatic rings. The van der Waals surface area contributed by atoms with Gasteiger partial charge in [0, 0.05) is 4.88 Å². The lowest BCUT2D eigenvalue weighted by molar-refractivity contribution is 0.344. The maximum Gasteiger partial charge on any atom is 0.197 e. The number of hydrogen-bond acceptors (Lipinski definition) is 7. The zero-order valence-electron chi connectivity index (χ0n) is 9.69. The molecule has 0 bridgehead atoms. The average Bonchev–Trinajstić information content (AvgIpc) is 2.86. The number of nitrogen functional groups attached to an aromatic ring is 1. The first-order valence-electron chi connectivity index (χ1n) is 5.23. The van der Waals surface area contributed by atoms with Crippen LogP contribution in [0, 0.1) is 6.92 Å². The molecule has 2 aromatic rings. The van der Waals surface area contributed by atoms with Gasteiger partial charge in [0.15, 0.2) is 16.6 Å². The van der Waals surface area contributed by atoms with Crippen LogP contribution in [-0.2, 0) is 6.54 Å². The summed E-state index contributed by atoms with van der Waals surface area (Å²) in [5.41, 5.74) is 8.63. The van der Waals surface area contributed by atoms with Gasteiger partial charge in [0.05, 0.1) is 24.4 Å². The van der Waals surface area contributed by atoms with Crippen molar-refractivity contribution < 1.29 is 4.74 Å². The third-order valence-corrected chi connectivity index (χ3v) is 3.95. The van der Waals surface area contributed by atoms with Crippen LogP contribution in [0.4, 0.5) is 10.8 Å². The van der Waals surface area contributed by atoms with Crippen LogP contribution in [0.2, 0.25) is 0 Å². The lowest BCUT2D eigenvalue weighted by Gasteiger charge is -2.06. The Balaban J connectivity index is 2.06. The topological polar surface area (TPSA) is 73.1 Å². The molecule has 0 amide bonds. The Morgan fingerprint density at radius 1 is 1.53 bits per heavy atom. The predicted molar refractivity (Wildman–Crippen MR) is 71.9 cm³/mol. The van der Waals surface area contributed by atoms with Crippen molar-refractivity contribution in [3.05, 3.63) is 16.1 Å². The van der Waals surface area contributed by atoms with E-state index in [9.17, 15) is 0 Å². The quantitative estimate of drug-likeness (QED) is 0.873. The zero-order chi connectivity index (χ0) is 12.3. The smallest absolute Gasteiger partial charge is 0.197 e. The van der Waals surface area contributed by atoms with E-state index in [-0.39, 0.29) is 0 Å². The summed E-state index contributed by atoms with van der Waals surface area (Å²) < 4.78 is 9.53. The fourth-order valence-electron chi connectivity index (χ4n) is 1.35. The molecule has 5 nitrogen and oxygen atoms in total. The summed E-state index contributed by atoms with van der Waals surface area (Å²) in [6.07, 6.45) is 0. The molecule has 0 aliphatic carbocycles. The van der Waals surface area contributed by atoms with E-state index < -0.39 is 0 Å². The Morgan fingerprint density at radius 3 is 3.00 bits per heavy atom. The van der Waals surface area contributed by atoms with E-state index in [1.807, 2.05) is 19.4 Å². The molecule has 0 aromatic carbocycles. The molecule has 92 valence electrons. The number of hydrogen-bond donors (Lipinski definition) is 2. The minimum Gasteiger partial charge on any atom is -0.487 e. The van der Waals surface area contributed by atoms with Crippen molar-refractivity contribution in [1.82, 2.24) is 9.36 Å². The molecule has 0 saturated heterocycles. The Kier molecular flexibility index (Phi) is 3.80. The fourth-order valence-corrected chi connectivity index (χ4v) is 2.72. The van der Waals surface area contributed by atoms with Gasteiger partial charge < -0.3 is 15.8 Å². The monoisotopic (exact) mass is 270 g/mol. The van der Waals surface area contributed by atoms with Crippen molar-refractivity contribution in [2.45, 2.75) is 20.4 Å². The van der Waals surface area contributed by atoms with Crippen molar-refractivity contribution in [1.29, 1.82) is 0 Å². The molecule has 17 heavy (non-hydrogen) atoms. The maximum absolute atomic E-state index is 5.73. The van der Waals surface area contributed by atoms with Crippen LogP contribution < -0.4 is 15.8 Å². The molecule has 2 rings (SSSR count). The first kappa shape index (κ1) is 12.1. The number of anilines is 2. The van der Waals surface area contributed by atoms with Gasteiger partial charge in [-0.05, 0) is 25.4 Å². The summed E-state index contributed by atoms with van der Waals surface area (Å²) in [5.74, 6) is 1.10. The highest BCUT2D eigenvalue weighted by molar-refractivity contribution is 7.11. The van der Waals surface area contributed by atoms with Crippen molar-refractivity contribution in [3.8, 4) is 5.75 Å². The zero-order valence-corrected chi connectivity index (χ0v) is 11.3. The lowest BCUT2D eigenvalue weighted by atomic mass is 10.4. The van der Waals surface area contributed by atoms with Crippen LogP contribution in [0.1, 0.15) is 17.5 Å². The van der Waals surface area contributed by atoms with Gasteiger partial charge in [0.2, 0.25) is 0 Å². The summed E-state index contributed by atoms with van der Waals surface area (Å²) >= 11 is 2.95. The molecule has 2 heterocycles. The lowest BCUT2D eigenvalue weighted by Crippen LogP contribution is -2.01. The molecule has 2 aromatic heterocycles. The molecule has 3 N–H and O–H groups in total. The third-order valence-electron chi connectivity index (χ3n) is 2.22. The van der Waals surface area contributed by atoms with Gasteiger partial charge in [-0.15, -0.1) is 11.3 Å². The number of nitrogens with two attached hydrogens (primary N) is 1. The molecular formula is C10H14N4OS2. The van der Waals surface area contributed by atoms with E-state index in [1.165, 1.54) is 16.4 Å². The molecule has 0 fully saturated rings. The van der Waals surface area contributed by atoms with Crippen LogP contribution in [0.5, 0.6) is 5.75 Å². The Bertz CT molecular complexity index is 494. The van der Waals surface area contributed by atoms with E-state index in [0.29, 0.717) is 18.2 Å². The summed E-state index contributed by atoms with van der Waals surface area (Å²) in [4.78, 5) is 5.41. The summed E-state index contributed by atoms with van der Waals surface area (Å²) in [7, 11) is 0. The van der Waals surface area contributed by atoms with Gasteiger partial charge in [-0.3, -0.25) is 0 Å². The number of thiazole rings is 1. The van der Waals surface area contributed by atoms with E-state index in [2.05, 4.69) is 14.7 Å². The number of nitrogens with one attached hydrogen (secondary N) is 1. The molecule has 0 spiro atoms. The second-order valence-corrected chi connectivity index (χ2v) is 5.09. The Labute approximate surface area is 108 Å². The number of nitrogens with zero attached hydrogens (tertiary/aromatic N) is 2. The standard InChI is InChI=1S/C10H14N4OS2/c1-3-15-8-9(11)14-17-10(8)12-4-7-6(2)13-5-16-7/h5,12H,3-4H2,1-2H3,(H2,11,14). The molecule has 0 atom stereocenters. The SMILES string of the molecule is CCOc1c(N)nsc1NCc1scnc1C. The van der Waals surface area contributed by atoms with E-state index in [4.69, 9.17) is 10.5 Å². The Morgan fingerprint density at radius 2 is 2.35 bits per heavy atom. The normalized spacial score (nSPS) is 10.5. The summed E-state index contributed by atoms with van der Waals surface area (Å²) in [6.45, 7) is 5.22. The highest BCUT2D eigenvalue weighted by Gasteiger charge is 2.12. The Hall–Kier alpha value is -1.34. The van der Waals surface area contributed by atoms with Gasteiger partial charge in [0.25, 0.3) is 0 Å². The van der Waals surface area contributed by atoms with Gasteiger partial charge >= 0.3 is 0 Å². The van der Waals surface area contributed by atoms with Crippen molar-refractivity contribution >= 4 is 33.7 Å². The third kappa shape index (κ3) is 2.67. The molecule has 7 heteroatoms. The van der Waals surface area contributed by atoms with Crippen LogP contribution in [0.25, 0.3) is 0 Å². The van der Waals surface area contributed by atoms with Crippen molar-refractivity contribution in [2.24, 2.45) is 0 Å². The van der Waals surface area contributed by atoms with E-state index >= 15 is 0 Å². The molecule has 0 radical (unpaired) electrons. The van der Waals surface area contributed by atoms with Gasteiger partial charge in [0.1, 0.15) is 0 Å². The van der Waals surface area contributed by atoms with Crippen LogP contribution >= 0.6 is 22.9 Å². The highest BCUT2D eigenvalue weighted by atomic mass is 32.1. The van der Waals surface area contributed by atoms with Crippen molar-refractivity contribution in [2.75, 3.05) is 17.7 Å². The summed E-state index contributed by atoms with van der Waals surface area (Å²) in [5, 5.41) is 4.16. The van der Waals surface area contributed by atoms with E-state index in [0.717, 1.165) is 17.2 Å². The van der Waals surface area contributed by atoms with Gasteiger partial charge in [-0.2, -0.15) is 4.37 Å². The second-order valence-electron chi connectivity index (χ2n) is 3.37. The number of rotatable bonds is 5. The number of ether oxygens (including phenoxy) is 1. The summed E-state index contributed by atoms with van der Waals surface area (Å²) in [6, 6.07) is 0. The molecule has 0 unspecified atom stereocenters. The minimum absolute atomic E-state index is 0.445. The minimum atomic E-state index is 0.445. The van der Waals surface area contributed by atoms with Crippen molar-refractivity contribution in [3.63, 3.8) is 0 Å². The largest absolute Gasteiger partial charge is 0.487 e. The number of aryl methyl sites for hydroxylation is 1. The first-order valence-corrected chi connectivity index (χ1v) is 6.88. The predicted octanol–water partition coefficient (Wildman–Crippen LogP) is 2.50. The second kappa shape index (κ2) is 5.33. The van der Waals surface area contributed by atoms with Crippen LogP contribution in [-0.4, -0.2) is 16.0 Å². The van der Waals surface area contributed by atoms with Crippen LogP contribution in [0.15, 0.2) is 5.51 Å². The first-order chi connectivity index (χ1) is 8.22.